The highest BCUT2D eigenvalue weighted by Gasteiger charge is 2.27. The lowest BCUT2D eigenvalue weighted by Crippen LogP contribution is -2.31. The molecule has 0 bridgehead atoms. The smallest absolute Gasteiger partial charge is 0.264 e. The van der Waals surface area contributed by atoms with Crippen LogP contribution in [0.15, 0.2) is 75.1 Å². The van der Waals surface area contributed by atoms with Crippen LogP contribution >= 0.6 is 11.8 Å². The quantitative estimate of drug-likeness (QED) is 0.644. The average Bonchev–Trinajstić information content (AvgIpc) is 3.23. The number of likely N-dealkylation sites (N-methyl/N-ethyl adjacent to an activating group) is 1. The Bertz CT molecular complexity index is 1100. The van der Waals surface area contributed by atoms with Crippen LogP contribution in [0.3, 0.4) is 0 Å². The number of aryl methyl sites for hydroxylation is 1. The van der Waals surface area contributed by atoms with Gasteiger partial charge in [0.15, 0.2) is 0 Å². The molecule has 5 nitrogen and oxygen atoms in total. The van der Waals surface area contributed by atoms with Gasteiger partial charge in [-0.1, -0.05) is 41.6 Å². The Kier molecular flexibility index (Phi) is 5.27. The fraction of sp³-hybridized carbons (Fsp3) is 0.130. The van der Waals surface area contributed by atoms with Gasteiger partial charge in [0.25, 0.3) is 11.8 Å². The molecule has 0 aliphatic carbocycles. The second kappa shape index (κ2) is 8.01. The normalized spacial score (nSPS) is 14.8. The summed E-state index contributed by atoms with van der Waals surface area (Å²) < 4.78 is 5.23. The predicted molar refractivity (Wildman–Crippen MR) is 115 cm³/mol. The van der Waals surface area contributed by atoms with Crippen molar-refractivity contribution in [1.29, 1.82) is 0 Å². The molecule has 4 rings (SSSR count). The number of hydrogen-bond acceptors (Lipinski definition) is 4. The molecule has 0 atom stereocenters. The van der Waals surface area contributed by atoms with Gasteiger partial charge in [-0.15, -0.1) is 0 Å². The van der Waals surface area contributed by atoms with Gasteiger partial charge in [0.2, 0.25) is 0 Å². The first-order chi connectivity index (χ1) is 14.0. The van der Waals surface area contributed by atoms with Gasteiger partial charge in [-0.25, -0.2) is 0 Å². The Morgan fingerprint density at radius 3 is 2.79 bits per heavy atom. The maximum atomic E-state index is 12.9. The Labute approximate surface area is 173 Å². The van der Waals surface area contributed by atoms with Gasteiger partial charge in [0, 0.05) is 17.5 Å². The van der Waals surface area contributed by atoms with E-state index in [0.717, 1.165) is 21.7 Å². The minimum atomic E-state index is -0.212. The molecule has 0 fully saturated rings. The third kappa shape index (κ3) is 4.12. The lowest BCUT2D eigenvalue weighted by atomic mass is 10.1. The molecule has 1 aliphatic rings. The van der Waals surface area contributed by atoms with E-state index in [1.807, 2.05) is 43.3 Å². The highest BCUT2D eigenvalue weighted by molar-refractivity contribution is 8.04. The van der Waals surface area contributed by atoms with Crippen molar-refractivity contribution in [2.45, 2.75) is 18.4 Å². The topological polar surface area (TPSA) is 62.6 Å². The summed E-state index contributed by atoms with van der Waals surface area (Å²) in [5.74, 6) is 0.387. The molecule has 0 spiro atoms. The average molecular weight is 404 g/mol. The molecule has 0 unspecified atom stereocenters. The molecule has 6 heteroatoms. The molecule has 0 radical (unpaired) electrons. The van der Waals surface area contributed by atoms with Gasteiger partial charge in [-0.2, -0.15) is 0 Å². The molecule has 1 aliphatic heterocycles. The van der Waals surface area contributed by atoms with Crippen LogP contribution < -0.4 is 10.2 Å². The third-order valence-electron chi connectivity index (χ3n) is 4.66. The lowest BCUT2D eigenvalue weighted by Gasteiger charge is -2.27. The van der Waals surface area contributed by atoms with Crippen molar-refractivity contribution in [2.75, 3.05) is 11.9 Å². The van der Waals surface area contributed by atoms with Crippen LogP contribution in [0.1, 0.15) is 27.2 Å². The van der Waals surface area contributed by atoms with Crippen molar-refractivity contribution in [1.82, 2.24) is 5.32 Å². The van der Waals surface area contributed by atoms with Crippen LogP contribution in [-0.2, 0) is 11.3 Å². The van der Waals surface area contributed by atoms with Crippen molar-refractivity contribution >= 4 is 35.3 Å². The molecule has 0 saturated heterocycles. The zero-order valence-electron chi connectivity index (χ0n) is 16.1. The zero-order chi connectivity index (χ0) is 20.4. The molecular formula is C23H20N2O3S. The number of thioether (sulfide) groups is 1. The van der Waals surface area contributed by atoms with E-state index in [1.165, 1.54) is 11.8 Å². The Hall–Kier alpha value is -3.25. The van der Waals surface area contributed by atoms with E-state index in [4.69, 9.17) is 4.42 Å². The van der Waals surface area contributed by atoms with Gasteiger partial charge in [0.1, 0.15) is 5.76 Å². The highest BCUT2D eigenvalue weighted by Crippen LogP contribution is 2.42. The second-order valence-corrected chi connectivity index (χ2v) is 7.92. The number of furan rings is 1. The fourth-order valence-corrected chi connectivity index (χ4v) is 4.22. The molecule has 2 aromatic carbocycles. The first kappa shape index (κ1) is 19.1. The van der Waals surface area contributed by atoms with Crippen LogP contribution in [0, 0.1) is 6.92 Å². The maximum absolute atomic E-state index is 12.9. The van der Waals surface area contributed by atoms with Crippen molar-refractivity contribution in [3.63, 3.8) is 0 Å². The number of hydrogen-bond donors (Lipinski definition) is 1. The number of nitrogens with zero attached hydrogens (tertiary/aromatic N) is 1. The first-order valence-corrected chi connectivity index (χ1v) is 10.0. The molecule has 29 heavy (non-hydrogen) atoms. The molecule has 2 amide bonds. The SMILES string of the molecule is Cc1cccc(/C=C2\Sc3ccc(C(=O)NCc4ccco4)cc3N(C)C2=O)c1. The molecule has 1 aromatic heterocycles. The van der Waals surface area contributed by atoms with Crippen molar-refractivity contribution in [2.24, 2.45) is 0 Å². The van der Waals surface area contributed by atoms with Crippen molar-refractivity contribution in [3.8, 4) is 0 Å². The zero-order valence-corrected chi connectivity index (χ0v) is 17.0. The molecular weight excluding hydrogens is 384 g/mol. The first-order valence-electron chi connectivity index (χ1n) is 9.20. The van der Waals surface area contributed by atoms with Crippen LogP contribution in [0.2, 0.25) is 0 Å². The summed E-state index contributed by atoms with van der Waals surface area (Å²) in [5.41, 5.74) is 3.37. The predicted octanol–water partition coefficient (Wildman–Crippen LogP) is 4.63. The number of rotatable bonds is 4. The maximum Gasteiger partial charge on any atom is 0.264 e. The molecule has 2 heterocycles. The van der Waals surface area contributed by atoms with E-state index >= 15 is 0 Å². The summed E-state index contributed by atoms with van der Waals surface area (Å²) in [4.78, 5) is 28.5. The molecule has 3 aromatic rings. The summed E-state index contributed by atoms with van der Waals surface area (Å²) >= 11 is 1.42. The van der Waals surface area contributed by atoms with Crippen LogP contribution in [-0.4, -0.2) is 18.9 Å². The van der Waals surface area contributed by atoms with Gasteiger partial charge in [-0.05, 0) is 48.9 Å². The number of carbonyl (C=O) groups excluding carboxylic acids is 2. The van der Waals surface area contributed by atoms with Crippen LogP contribution in [0.25, 0.3) is 6.08 Å². The Morgan fingerprint density at radius 2 is 2.03 bits per heavy atom. The highest BCUT2D eigenvalue weighted by atomic mass is 32.2. The monoisotopic (exact) mass is 404 g/mol. The molecule has 0 saturated carbocycles. The van der Waals surface area contributed by atoms with Crippen LogP contribution in [0.4, 0.5) is 5.69 Å². The minimum Gasteiger partial charge on any atom is -0.467 e. The van der Waals surface area contributed by atoms with Gasteiger partial charge in [-0.3, -0.25) is 9.59 Å². The summed E-state index contributed by atoms with van der Waals surface area (Å²) in [5, 5.41) is 2.83. The summed E-state index contributed by atoms with van der Waals surface area (Å²) in [6.07, 6.45) is 3.48. The van der Waals surface area contributed by atoms with Crippen LogP contribution in [0.5, 0.6) is 0 Å². The number of anilines is 1. The van der Waals surface area contributed by atoms with E-state index in [-0.39, 0.29) is 11.8 Å². The summed E-state index contributed by atoms with van der Waals surface area (Å²) in [6, 6.07) is 17.0. The lowest BCUT2D eigenvalue weighted by molar-refractivity contribution is -0.114. The minimum absolute atomic E-state index is 0.0860. The molecule has 1 N–H and O–H groups in total. The number of amides is 2. The Balaban J connectivity index is 1.56. The number of carbonyl (C=O) groups is 2. The van der Waals surface area contributed by atoms with E-state index in [9.17, 15) is 9.59 Å². The van der Waals surface area contributed by atoms with E-state index in [1.54, 1.807) is 42.5 Å². The summed E-state index contributed by atoms with van der Waals surface area (Å²) in [6.45, 7) is 2.34. The molecule has 146 valence electrons. The van der Waals surface area contributed by atoms with Gasteiger partial charge < -0.3 is 14.6 Å². The number of benzene rings is 2. The third-order valence-corrected chi connectivity index (χ3v) is 5.74. The van der Waals surface area contributed by atoms with Gasteiger partial charge in [0.05, 0.1) is 23.4 Å². The Morgan fingerprint density at radius 1 is 1.17 bits per heavy atom. The van der Waals surface area contributed by atoms with E-state index < -0.39 is 0 Å². The summed E-state index contributed by atoms with van der Waals surface area (Å²) in [7, 11) is 1.73. The largest absolute Gasteiger partial charge is 0.467 e. The standard InChI is InChI=1S/C23H20N2O3S/c1-15-5-3-6-16(11-15)12-21-23(27)25(2)19-13-17(8-9-20(19)29-21)22(26)24-14-18-7-4-10-28-18/h3-13H,14H2,1-2H3,(H,24,26)/b21-12-. The number of fused-ring (bicyclic) bond motifs is 1. The number of nitrogens with one attached hydrogen (secondary N) is 1. The van der Waals surface area contributed by atoms with E-state index in [2.05, 4.69) is 5.32 Å². The second-order valence-electron chi connectivity index (χ2n) is 6.83. The van der Waals surface area contributed by atoms with Crippen molar-refractivity contribution in [3.05, 3.63) is 88.2 Å². The fourth-order valence-electron chi connectivity index (χ4n) is 3.13. The van der Waals surface area contributed by atoms with E-state index in [0.29, 0.717) is 22.8 Å². The van der Waals surface area contributed by atoms with Crippen molar-refractivity contribution < 1.29 is 14.0 Å². The van der Waals surface area contributed by atoms with Gasteiger partial charge >= 0.3 is 0 Å².